The molecule has 0 saturated heterocycles. The summed E-state index contributed by atoms with van der Waals surface area (Å²) in [5, 5.41) is 12.0. The Bertz CT molecular complexity index is 483. The summed E-state index contributed by atoms with van der Waals surface area (Å²) in [4.78, 5) is 11.6. The number of carbonyl (C=O) groups excluding carboxylic acids is 1. The molecule has 118 valence electrons. The van der Waals surface area contributed by atoms with E-state index in [9.17, 15) is 14.3 Å². The van der Waals surface area contributed by atoms with E-state index in [0.29, 0.717) is 18.4 Å². The van der Waals surface area contributed by atoms with E-state index in [1.807, 2.05) is 27.7 Å². The highest BCUT2D eigenvalue weighted by atomic mass is 19.1. The van der Waals surface area contributed by atoms with Crippen LogP contribution in [0.5, 0.6) is 0 Å². The molecule has 0 heterocycles. The maximum atomic E-state index is 13.1. The Morgan fingerprint density at radius 1 is 1.38 bits per heavy atom. The number of aliphatic hydroxyl groups is 1. The first kappa shape index (κ1) is 17.4. The third-order valence-corrected chi connectivity index (χ3v) is 2.95. The molecule has 0 fully saturated rings. The van der Waals surface area contributed by atoms with Crippen molar-refractivity contribution in [3.05, 3.63) is 35.1 Å². The van der Waals surface area contributed by atoms with Crippen LogP contribution in [-0.4, -0.2) is 22.8 Å². The summed E-state index contributed by atoms with van der Waals surface area (Å²) >= 11 is 0. The van der Waals surface area contributed by atoms with E-state index in [0.717, 1.165) is 5.56 Å². The average Bonchev–Trinajstić information content (AvgIpc) is 2.34. The summed E-state index contributed by atoms with van der Waals surface area (Å²) in [6.07, 6.45) is 0.877. The monoisotopic (exact) mass is 297 g/mol. The largest absolute Gasteiger partial charge is 0.444 e. The second kappa shape index (κ2) is 7.41. The van der Waals surface area contributed by atoms with E-state index >= 15 is 0 Å². The average molecular weight is 297 g/mol. The van der Waals surface area contributed by atoms with Crippen molar-refractivity contribution in [2.45, 2.75) is 58.8 Å². The number of benzene rings is 1. The molecule has 1 amide bonds. The number of aryl methyl sites for hydroxylation is 1. The summed E-state index contributed by atoms with van der Waals surface area (Å²) in [6, 6.07) is 4.31. The van der Waals surface area contributed by atoms with Gasteiger partial charge in [-0.05, 0) is 63.8 Å². The van der Waals surface area contributed by atoms with Crippen molar-refractivity contribution in [2.24, 2.45) is 0 Å². The molecule has 0 aliphatic carbocycles. The number of amides is 1. The molecule has 1 aromatic rings. The van der Waals surface area contributed by atoms with Gasteiger partial charge in [-0.1, -0.05) is 6.07 Å². The van der Waals surface area contributed by atoms with E-state index in [1.54, 1.807) is 6.07 Å². The molecule has 0 spiro atoms. The molecule has 0 aromatic heterocycles. The first-order valence-electron chi connectivity index (χ1n) is 7.09. The predicted octanol–water partition coefficient (Wildman–Crippen LogP) is 3.16. The van der Waals surface area contributed by atoms with Crippen LogP contribution >= 0.6 is 0 Å². The zero-order valence-corrected chi connectivity index (χ0v) is 13.1. The summed E-state index contributed by atoms with van der Waals surface area (Å²) in [5.41, 5.74) is 0.946. The summed E-state index contributed by atoms with van der Waals surface area (Å²) in [5.74, 6) is -0.359. The molecule has 1 rings (SSSR count). The fourth-order valence-corrected chi connectivity index (χ4v) is 1.94. The molecule has 0 saturated carbocycles. The standard InChI is InChI=1S/C16H24FNO3/c1-11(18-15(20)21-16(2,3)4)5-6-12-7-8-14(17)9-13(12)10-19/h7-9,11,19H,5-6,10H2,1-4H3,(H,18,20)/t11-/m1/s1. The lowest BCUT2D eigenvalue weighted by Crippen LogP contribution is -2.37. The summed E-state index contributed by atoms with van der Waals surface area (Å²) in [6.45, 7) is 7.11. The first-order chi connectivity index (χ1) is 9.71. The third-order valence-electron chi connectivity index (χ3n) is 2.95. The van der Waals surface area contributed by atoms with Gasteiger partial charge in [-0.15, -0.1) is 0 Å². The van der Waals surface area contributed by atoms with Gasteiger partial charge < -0.3 is 15.2 Å². The molecule has 2 N–H and O–H groups in total. The molecular weight excluding hydrogens is 273 g/mol. The van der Waals surface area contributed by atoms with E-state index in [-0.39, 0.29) is 18.5 Å². The summed E-state index contributed by atoms with van der Waals surface area (Å²) < 4.78 is 18.3. The summed E-state index contributed by atoms with van der Waals surface area (Å²) in [7, 11) is 0. The molecule has 0 aliphatic heterocycles. The van der Waals surface area contributed by atoms with Crippen LogP contribution in [0.4, 0.5) is 9.18 Å². The van der Waals surface area contributed by atoms with Crippen molar-refractivity contribution in [1.82, 2.24) is 5.32 Å². The van der Waals surface area contributed by atoms with Crippen molar-refractivity contribution in [2.75, 3.05) is 0 Å². The number of ether oxygens (including phenoxy) is 1. The van der Waals surface area contributed by atoms with Gasteiger partial charge in [-0.25, -0.2) is 9.18 Å². The van der Waals surface area contributed by atoms with E-state index in [2.05, 4.69) is 5.32 Å². The molecule has 0 bridgehead atoms. The topological polar surface area (TPSA) is 58.6 Å². The number of rotatable bonds is 5. The molecule has 0 radical (unpaired) electrons. The Balaban J connectivity index is 2.50. The van der Waals surface area contributed by atoms with Gasteiger partial charge in [0.25, 0.3) is 0 Å². The number of nitrogens with one attached hydrogen (secondary N) is 1. The molecular formula is C16H24FNO3. The molecule has 1 aromatic carbocycles. The fraction of sp³-hybridized carbons (Fsp3) is 0.562. The lowest BCUT2D eigenvalue weighted by molar-refractivity contribution is 0.0506. The van der Waals surface area contributed by atoms with Crippen LogP contribution in [0.25, 0.3) is 0 Å². The van der Waals surface area contributed by atoms with Gasteiger partial charge in [0.15, 0.2) is 0 Å². The van der Waals surface area contributed by atoms with Crippen molar-refractivity contribution < 1.29 is 19.0 Å². The maximum absolute atomic E-state index is 13.1. The molecule has 0 unspecified atom stereocenters. The Morgan fingerprint density at radius 2 is 2.05 bits per heavy atom. The minimum Gasteiger partial charge on any atom is -0.444 e. The highest BCUT2D eigenvalue weighted by molar-refractivity contribution is 5.68. The Hall–Kier alpha value is -1.62. The van der Waals surface area contributed by atoms with Crippen molar-refractivity contribution in [3.63, 3.8) is 0 Å². The van der Waals surface area contributed by atoms with Crippen LogP contribution < -0.4 is 5.32 Å². The van der Waals surface area contributed by atoms with Crippen molar-refractivity contribution in [3.8, 4) is 0 Å². The quantitative estimate of drug-likeness (QED) is 0.877. The number of halogens is 1. The van der Waals surface area contributed by atoms with Crippen LogP contribution in [-0.2, 0) is 17.8 Å². The van der Waals surface area contributed by atoms with Gasteiger partial charge in [-0.3, -0.25) is 0 Å². The second-order valence-corrected chi connectivity index (χ2v) is 6.16. The smallest absolute Gasteiger partial charge is 0.407 e. The van der Waals surface area contributed by atoms with Crippen molar-refractivity contribution >= 4 is 6.09 Å². The molecule has 4 nitrogen and oxygen atoms in total. The van der Waals surface area contributed by atoms with Crippen LogP contribution in [0.2, 0.25) is 0 Å². The van der Waals surface area contributed by atoms with E-state index < -0.39 is 11.7 Å². The minimum absolute atomic E-state index is 0.0727. The van der Waals surface area contributed by atoms with Gasteiger partial charge in [-0.2, -0.15) is 0 Å². The van der Waals surface area contributed by atoms with Gasteiger partial charge in [0, 0.05) is 6.04 Å². The Labute approximate surface area is 125 Å². The van der Waals surface area contributed by atoms with E-state index in [1.165, 1.54) is 12.1 Å². The Morgan fingerprint density at radius 3 is 2.62 bits per heavy atom. The lowest BCUT2D eigenvalue weighted by Gasteiger charge is -2.22. The molecule has 0 aliphatic rings. The number of alkyl carbamates (subject to hydrolysis) is 1. The minimum atomic E-state index is -0.523. The van der Waals surface area contributed by atoms with Gasteiger partial charge in [0.1, 0.15) is 11.4 Å². The zero-order chi connectivity index (χ0) is 16.0. The normalized spacial score (nSPS) is 12.9. The van der Waals surface area contributed by atoms with Crippen LogP contribution in [0.3, 0.4) is 0 Å². The number of hydrogen-bond donors (Lipinski definition) is 2. The van der Waals surface area contributed by atoms with Crippen LogP contribution in [0, 0.1) is 5.82 Å². The van der Waals surface area contributed by atoms with Crippen LogP contribution in [0.1, 0.15) is 45.2 Å². The van der Waals surface area contributed by atoms with Gasteiger partial charge in [0.2, 0.25) is 0 Å². The number of aliphatic hydroxyl groups excluding tert-OH is 1. The molecule has 21 heavy (non-hydrogen) atoms. The first-order valence-corrected chi connectivity index (χ1v) is 7.09. The molecule has 1 atom stereocenters. The lowest BCUT2D eigenvalue weighted by atomic mass is 10.0. The van der Waals surface area contributed by atoms with Gasteiger partial charge in [0.05, 0.1) is 6.61 Å². The van der Waals surface area contributed by atoms with Crippen LogP contribution in [0.15, 0.2) is 18.2 Å². The number of hydrogen-bond acceptors (Lipinski definition) is 3. The maximum Gasteiger partial charge on any atom is 0.407 e. The third kappa shape index (κ3) is 6.58. The highest BCUT2D eigenvalue weighted by Crippen LogP contribution is 2.15. The second-order valence-electron chi connectivity index (χ2n) is 6.16. The van der Waals surface area contributed by atoms with Gasteiger partial charge >= 0.3 is 6.09 Å². The fourth-order valence-electron chi connectivity index (χ4n) is 1.94. The zero-order valence-electron chi connectivity index (χ0n) is 13.1. The van der Waals surface area contributed by atoms with E-state index in [4.69, 9.17) is 4.74 Å². The SMILES string of the molecule is C[C@H](CCc1ccc(F)cc1CO)NC(=O)OC(C)(C)C. The molecule has 5 heteroatoms. The predicted molar refractivity (Wildman–Crippen MR) is 79.5 cm³/mol. The van der Waals surface area contributed by atoms with Crippen molar-refractivity contribution in [1.29, 1.82) is 0 Å². The highest BCUT2D eigenvalue weighted by Gasteiger charge is 2.17. The Kier molecular flexibility index (Phi) is 6.15. The number of carbonyl (C=O) groups is 1.